The summed E-state index contributed by atoms with van der Waals surface area (Å²) in [6, 6.07) is 30.7. The maximum atomic E-state index is 12.4. The number of carbonyl (C=O) groups excluding carboxylic acids is 1. The third-order valence-electron chi connectivity index (χ3n) is 7.22. The Morgan fingerprint density at radius 3 is 2.28 bits per heavy atom. The first-order valence-corrected chi connectivity index (χ1v) is 13.2. The lowest BCUT2D eigenvalue weighted by Gasteiger charge is -2.26. The highest BCUT2D eigenvalue weighted by Gasteiger charge is 2.13. The Hall–Kier alpha value is -4.77. The number of benzene rings is 4. The number of hydrogen-bond donors (Lipinski definition) is 3. The second-order valence-electron chi connectivity index (χ2n) is 10.1. The molecule has 0 atom stereocenters. The van der Waals surface area contributed by atoms with Crippen LogP contribution < -0.4 is 16.0 Å². The van der Waals surface area contributed by atoms with E-state index in [4.69, 9.17) is 5.73 Å². The van der Waals surface area contributed by atoms with Gasteiger partial charge in [-0.1, -0.05) is 54.6 Å². The van der Waals surface area contributed by atoms with Gasteiger partial charge < -0.3 is 20.9 Å². The first kappa shape index (κ1) is 25.9. The Labute approximate surface area is 230 Å². The van der Waals surface area contributed by atoms with Crippen LogP contribution in [-0.4, -0.2) is 10.9 Å². The maximum Gasteiger partial charge on any atom is 0.248 e. The fourth-order valence-electron chi connectivity index (χ4n) is 4.77. The Balaban J connectivity index is 1.33. The van der Waals surface area contributed by atoms with Gasteiger partial charge in [0.15, 0.2) is 0 Å². The maximum absolute atomic E-state index is 12.4. The minimum atomic E-state index is -0.216. The lowest BCUT2D eigenvalue weighted by Crippen LogP contribution is -2.22. The molecule has 39 heavy (non-hydrogen) atoms. The van der Waals surface area contributed by atoms with Crippen molar-refractivity contribution in [2.45, 2.75) is 33.9 Å². The number of aromatic amines is 1. The molecule has 0 aliphatic rings. The van der Waals surface area contributed by atoms with Crippen molar-refractivity contribution >= 4 is 39.9 Å². The summed E-state index contributed by atoms with van der Waals surface area (Å²) in [6.45, 7) is 8.06. The van der Waals surface area contributed by atoms with E-state index in [2.05, 4.69) is 90.6 Å². The van der Waals surface area contributed by atoms with Crippen molar-refractivity contribution in [3.63, 3.8) is 0 Å². The predicted octanol–water partition coefficient (Wildman–Crippen LogP) is 7.53. The third-order valence-corrected chi connectivity index (χ3v) is 7.22. The van der Waals surface area contributed by atoms with Gasteiger partial charge in [-0.05, 0) is 96.4 Å². The summed E-state index contributed by atoms with van der Waals surface area (Å²) >= 11 is 0. The van der Waals surface area contributed by atoms with Gasteiger partial charge in [-0.25, -0.2) is 0 Å². The molecule has 1 amide bonds. The third kappa shape index (κ3) is 6.21. The highest BCUT2D eigenvalue weighted by Crippen LogP contribution is 2.27. The van der Waals surface area contributed by atoms with Gasteiger partial charge in [-0.15, -0.1) is 0 Å². The molecule has 0 unspecified atom stereocenters. The Kier molecular flexibility index (Phi) is 7.50. The number of para-hydroxylation sites is 3. The largest absolute Gasteiger partial charge is 0.397 e. The zero-order valence-corrected chi connectivity index (χ0v) is 22.7. The zero-order valence-electron chi connectivity index (χ0n) is 22.7. The van der Waals surface area contributed by atoms with Crippen LogP contribution in [0.1, 0.15) is 33.5 Å². The van der Waals surface area contributed by atoms with Crippen LogP contribution in [0.25, 0.3) is 17.0 Å². The number of nitrogens with one attached hydrogen (secondary N) is 2. The number of nitrogens with two attached hydrogens (primary N) is 1. The molecule has 4 aromatic carbocycles. The van der Waals surface area contributed by atoms with Crippen LogP contribution in [0.15, 0.2) is 97.1 Å². The molecule has 0 aliphatic heterocycles. The SMILES string of the molecule is Cc1cc(N(Cc2ccc(/C=C\C(=O)Nc3ccccc3N)cc2)Cc2cc3ccccc3[nH]2)cc(C)c1C. The highest BCUT2D eigenvalue weighted by molar-refractivity contribution is 6.03. The van der Waals surface area contributed by atoms with E-state index in [-0.39, 0.29) is 5.91 Å². The Bertz CT molecular complexity index is 1590. The van der Waals surface area contributed by atoms with Gasteiger partial charge in [0.25, 0.3) is 0 Å². The number of hydrogen-bond acceptors (Lipinski definition) is 3. The van der Waals surface area contributed by atoms with Crippen molar-refractivity contribution in [3.05, 3.63) is 131 Å². The molecule has 5 heteroatoms. The molecule has 196 valence electrons. The smallest absolute Gasteiger partial charge is 0.248 e. The molecular formula is C34H34N4O. The van der Waals surface area contributed by atoms with E-state index in [0.717, 1.165) is 24.2 Å². The number of H-pyrrole nitrogens is 1. The van der Waals surface area contributed by atoms with E-state index in [1.54, 1.807) is 12.1 Å². The second kappa shape index (κ2) is 11.3. The quantitative estimate of drug-likeness (QED) is 0.148. The number of amides is 1. The molecular weight excluding hydrogens is 480 g/mol. The topological polar surface area (TPSA) is 74.2 Å². The predicted molar refractivity (Wildman–Crippen MR) is 164 cm³/mol. The summed E-state index contributed by atoms with van der Waals surface area (Å²) in [5.74, 6) is -0.216. The molecule has 0 spiro atoms. The standard InChI is InChI=1S/C34H34N4O/c1-23-18-30(19-24(2)25(23)3)38(22-29-20-28-8-4-6-10-32(28)36-29)21-27-14-12-26(13-15-27)16-17-34(39)37-33-11-7-5-9-31(33)35/h4-20,36H,21-22,35H2,1-3H3,(H,37,39)/b17-16-. The average Bonchev–Trinajstić information content (AvgIpc) is 3.34. The fraction of sp³-hybridized carbons (Fsp3) is 0.147. The monoisotopic (exact) mass is 514 g/mol. The van der Waals surface area contributed by atoms with Crippen molar-refractivity contribution in [3.8, 4) is 0 Å². The van der Waals surface area contributed by atoms with E-state index in [1.807, 2.05) is 30.3 Å². The van der Waals surface area contributed by atoms with Crippen molar-refractivity contribution < 1.29 is 4.79 Å². The fourth-order valence-corrected chi connectivity index (χ4v) is 4.77. The number of nitrogens with zero attached hydrogens (tertiary/aromatic N) is 1. The normalized spacial score (nSPS) is 11.3. The van der Waals surface area contributed by atoms with Gasteiger partial charge >= 0.3 is 0 Å². The first-order chi connectivity index (χ1) is 18.9. The number of nitrogen functional groups attached to an aromatic ring is 1. The molecule has 5 nitrogen and oxygen atoms in total. The summed E-state index contributed by atoms with van der Waals surface area (Å²) in [5, 5.41) is 4.04. The van der Waals surface area contributed by atoms with Crippen LogP contribution in [0.4, 0.5) is 17.1 Å². The summed E-state index contributed by atoms with van der Waals surface area (Å²) in [6.07, 6.45) is 3.34. The second-order valence-corrected chi connectivity index (χ2v) is 10.1. The van der Waals surface area contributed by atoms with Crippen molar-refractivity contribution in [1.29, 1.82) is 0 Å². The van der Waals surface area contributed by atoms with E-state index >= 15 is 0 Å². The van der Waals surface area contributed by atoms with Gasteiger partial charge in [-0.2, -0.15) is 0 Å². The van der Waals surface area contributed by atoms with Gasteiger partial charge in [0.1, 0.15) is 0 Å². The number of rotatable bonds is 8. The molecule has 0 saturated carbocycles. The molecule has 1 aromatic heterocycles. The first-order valence-electron chi connectivity index (χ1n) is 13.2. The number of fused-ring (bicyclic) bond motifs is 1. The van der Waals surface area contributed by atoms with Crippen LogP contribution in [0, 0.1) is 20.8 Å². The molecule has 0 bridgehead atoms. The molecule has 1 heterocycles. The van der Waals surface area contributed by atoms with E-state index < -0.39 is 0 Å². The zero-order chi connectivity index (χ0) is 27.4. The van der Waals surface area contributed by atoms with Crippen LogP contribution in [0.5, 0.6) is 0 Å². The summed E-state index contributed by atoms with van der Waals surface area (Å²) in [5.41, 5.74) is 16.7. The molecule has 5 rings (SSSR count). The van der Waals surface area contributed by atoms with E-state index in [9.17, 15) is 4.79 Å². The van der Waals surface area contributed by atoms with E-state index in [0.29, 0.717) is 11.4 Å². The molecule has 0 radical (unpaired) electrons. The van der Waals surface area contributed by atoms with Gasteiger partial charge in [0.2, 0.25) is 5.91 Å². The summed E-state index contributed by atoms with van der Waals surface area (Å²) in [7, 11) is 0. The lowest BCUT2D eigenvalue weighted by molar-refractivity contribution is -0.111. The minimum absolute atomic E-state index is 0.216. The van der Waals surface area contributed by atoms with Crippen molar-refractivity contribution in [2.24, 2.45) is 0 Å². The van der Waals surface area contributed by atoms with Crippen LogP contribution >= 0.6 is 0 Å². The average molecular weight is 515 g/mol. The highest BCUT2D eigenvalue weighted by atomic mass is 16.1. The van der Waals surface area contributed by atoms with Crippen molar-refractivity contribution in [2.75, 3.05) is 16.0 Å². The number of aryl methyl sites for hydroxylation is 2. The molecule has 0 fully saturated rings. The summed E-state index contributed by atoms with van der Waals surface area (Å²) < 4.78 is 0. The minimum Gasteiger partial charge on any atom is -0.397 e. The van der Waals surface area contributed by atoms with Gasteiger partial charge in [0.05, 0.1) is 17.9 Å². The Morgan fingerprint density at radius 1 is 0.872 bits per heavy atom. The van der Waals surface area contributed by atoms with E-state index in [1.165, 1.54) is 45.1 Å². The van der Waals surface area contributed by atoms with Crippen LogP contribution in [0.2, 0.25) is 0 Å². The van der Waals surface area contributed by atoms with Crippen molar-refractivity contribution in [1.82, 2.24) is 4.98 Å². The number of aromatic nitrogens is 1. The van der Waals surface area contributed by atoms with Gasteiger partial charge in [0, 0.05) is 29.5 Å². The van der Waals surface area contributed by atoms with Gasteiger partial charge in [-0.3, -0.25) is 4.79 Å². The molecule has 0 aliphatic carbocycles. The summed E-state index contributed by atoms with van der Waals surface area (Å²) in [4.78, 5) is 18.4. The molecule has 4 N–H and O–H groups in total. The number of carbonyl (C=O) groups is 1. The Morgan fingerprint density at radius 2 is 1.56 bits per heavy atom. The van der Waals surface area contributed by atoms with Crippen LogP contribution in [-0.2, 0) is 17.9 Å². The molecule has 5 aromatic rings. The van der Waals surface area contributed by atoms with Crippen LogP contribution in [0.3, 0.4) is 0 Å². The molecule has 0 saturated heterocycles. The lowest BCUT2D eigenvalue weighted by atomic mass is 10.0. The number of anilines is 3.